The molecule has 1 unspecified atom stereocenters. The van der Waals surface area contributed by atoms with Gasteiger partial charge >= 0.3 is 5.97 Å². The lowest BCUT2D eigenvalue weighted by atomic mass is 10.0. The van der Waals surface area contributed by atoms with Crippen molar-refractivity contribution >= 4 is 11.9 Å². The number of methoxy groups -OCH3 is 2. The third kappa shape index (κ3) is 3.65. The number of carbonyl (C=O) groups excluding carboxylic acids is 1. The summed E-state index contributed by atoms with van der Waals surface area (Å²) in [6.07, 6.45) is 0. The summed E-state index contributed by atoms with van der Waals surface area (Å²) in [5.41, 5.74) is 0.412. The number of hydrogen-bond acceptors (Lipinski definition) is 4. The quantitative estimate of drug-likeness (QED) is 0.869. The van der Waals surface area contributed by atoms with Gasteiger partial charge in [-0.15, -0.1) is 0 Å². The predicted molar refractivity (Wildman–Crippen MR) is 77.6 cm³/mol. The van der Waals surface area contributed by atoms with Gasteiger partial charge in [-0.3, -0.25) is 4.79 Å². The largest absolute Gasteiger partial charge is 0.497 e. The number of carboxylic acid groups (broad SMARTS) is 1. The number of ether oxygens (including phenoxy) is 2. The molecule has 6 nitrogen and oxygen atoms in total. The molecule has 0 aromatic heterocycles. The molecule has 1 N–H and O–H groups in total. The zero-order valence-corrected chi connectivity index (χ0v) is 12.9. The van der Waals surface area contributed by atoms with E-state index >= 15 is 0 Å². The van der Waals surface area contributed by atoms with Crippen molar-refractivity contribution in [3.63, 3.8) is 0 Å². The molecule has 0 aliphatic carbocycles. The molecule has 6 heteroatoms. The molecule has 0 saturated heterocycles. The molecular formula is C15H21NO5. The van der Waals surface area contributed by atoms with E-state index in [9.17, 15) is 14.7 Å². The van der Waals surface area contributed by atoms with Crippen molar-refractivity contribution in [2.45, 2.75) is 32.9 Å². The number of nitrogens with zero attached hydrogens (tertiary/aromatic N) is 1. The van der Waals surface area contributed by atoms with Crippen molar-refractivity contribution in [1.29, 1.82) is 0 Å². The lowest BCUT2D eigenvalue weighted by molar-refractivity contribution is -0.151. The molecule has 1 amide bonds. The molecule has 0 heterocycles. The number of aliphatic carboxylic acids is 1. The van der Waals surface area contributed by atoms with Gasteiger partial charge in [0.15, 0.2) is 6.04 Å². The van der Waals surface area contributed by atoms with E-state index < -0.39 is 12.0 Å². The first-order valence-corrected chi connectivity index (χ1v) is 6.57. The van der Waals surface area contributed by atoms with E-state index in [0.29, 0.717) is 17.1 Å². The van der Waals surface area contributed by atoms with Gasteiger partial charge in [-0.05, 0) is 26.0 Å². The Morgan fingerprint density at radius 2 is 1.81 bits per heavy atom. The predicted octanol–water partition coefficient (Wildman–Crippen LogP) is 2.09. The number of benzene rings is 1. The third-order valence-corrected chi connectivity index (χ3v) is 3.17. The highest BCUT2D eigenvalue weighted by Gasteiger charge is 2.33. The minimum atomic E-state index is -1.11. The Morgan fingerprint density at radius 1 is 1.19 bits per heavy atom. The molecule has 0 aliphatic rings. The van der Waals surface area contributed by atoms with Crippen LogP contribution < -0.4 is 9.47 Å². The summed E-state index contributed by atoms with van der Waals surface area (Å²) in [6, 6.07) is 3.49. The van der Waals surface area contributed by atoms with E-state index in [0.717, 1.165) is 0 Å². The van der Waals surface area contributed by atoms with Gasteiger partial charge in [-0.25, -0.2) is 4.79 Å². The van der Waals surface area contributed by atoms with Crippen LogP contribution in [-0.2, 0) is 9.59 Å². The second-order valence-corrected chi connectivity index (χ2v) is 4.87. The second kappa shape index (κ2) is 6.97. The van der Waals surface area contributed by atoms with Crippen molar-refractivity contribution in [2.24, 2.45) is 0 Å². The van der Waals surface area contributed by atoms with Crippen LogP contribution >= 0.6 is 0 Å². The normalized spacial score (nSPS) is 11.9. The maximum absolute atomic E-state index is 11.8. The molecule has 1 atom stereocenters. The summed E-state index contributed by atoms with van der Waals surface area (Å²) in [7, 11) is 2.96. The summed E-state index contributed by atoms with van der Waals surface area (Å²) in [6.45, 7) is 4.90. The van der Waals surface area contributed by atoms with Gasteiger partial charge in [0.25, 0.3) is 0 Å². The molecule has 0 spiro atoms. The monoisotopic (exact) mass is 295 g/mol. The van der Waals surface area contributed by atoms with Gasteiger partial charge in [-0.2, -0.15) is 0 Å². The molecule has 1 rings (SSSR count). The standard InChI is InChI=1S/C15H21NO5/c1-9(2)16(10(3)17)14(15(18)19)12-7-6-11(20-4)8-13(12)21-5/h6-9,14H,1-5H3,(H,18,19). The maximum atomic E-state index is 11.8. The summed E-state index contributed by atoms with van der Waals surface area (Å²) >= 11 is 0. The Labute approximate surface area is 124 Å². The summed E-state index contributed by atoms with van der Waals surface area (Å²) in [5.74, 6) is -0.495. The Bertz CT molecular complexity index is 527. The van der Waals surface area contributed by atoms with Crippen LogP contribution in [0.4, 0.5) is 0 Å². The molecule has 0 radical (unpaired) electrons. The molecule has 1 aromatic rings. The minimum absolute atomic E-state index is 0.254. The molecule has 0 saturated carbocycles. The van der Waals surface area contributed by atoms with E-state index in [1.165, 1.54) is 26.0 Å². The first kappa shape index (κ1) is 16.8. The molecular weight excluding hydrogens is 274 g/mol. The molecule has 0 aliphatic heterocycles. The van der Waals surface area contributed by atoms with Crippen molar-refractivity contribution in [2.75, 3.05) is 14.2 Å². The van der Waals surface area contributed by atoms with E-state index in [2.05, 4.69) is 0 Å². The fourth-order valence-electron chi connectivity index (χ4n) is 2.29. The van der Waals surface area contributed by atoms with Crippen LogP contribution in [0.5, 0.6) is 11.5 Å². The first-order chi connectivity index (χ1) is 9.83. The van der Waals surface area contributed by atoms with Crippen molar-refractivity contribution in [3.8, 4) is 11.5 Å². The highest BCUT2D eigenvalue weighted by molar-refractivity contribution is 5.84. The average Bonchev–Trinajstić information content (AvgIpc) is 2.42. The molecule has 0 bridgehead atoms. The van der Waals surface area contributed by atoms with Crippen LogP contribution in [0.15, 0.2) is 18.2 Å². The Hall–Kier alpha value is -2.24. The fraction of sp³-hybridized carbons (Fsp3) is 0.467. The van der Waals surface area contributed by atoms with Crippen LogP contribution in [0.25, 0.3) is 0 Å². The number of hydrogen-bond donors (Lipinski definition) is 1. The number of carbonyl (C=O) groups is 2. The molecule has 0 fully saturated rings. The summed E-state index contributed by atoms with van der Waals surface area (Å²) in [4.78, 5) is 24.8. The van der Waals surface area contributed by atoms with Gasteiger partial charge in [0.1, 0.15) is 11.5 Å². The van der Waals surface area contributed by atoms with E-state index in [1.54, 1.807) is 32.0 Å². The van der Waals surface area contributed by atoms with Gasteiger partial charge in [0, 0.05) is 24.6 Å². The smallest absolute Gasteiger partial charge is 0.331 e. The van der Waals surface area contributed by atoms with E-state index in [4.69, 9.17) is 9.47 Å². The summed E-state index contributed by atoms with van der Waals surface area (Å²) < 4.78 is 10.3. The van der Waals surface area contributed by atoms with Crippen molar-refractivity contribution in [3.05, 3.63) is 23.8 Å². The Morgan fingerprint density at radius 3 is 2.19 bits per heavy atom. The number of rotatable bonds is 6. The van der Waals surface area contributed by atoms with Crippen LogP contribution in [0.2, 0.25) is 0 Å². The Balaban J connectivity index is 3.41. The van der Waals surface area contributed by atoms with Gasteiger partial charge < -0.3 is 19.5 Å². The lowest BCUT2D eigenvalue weighted by Crippen LogP contribution is -2.42. The summed E-state index contributed by atoms with van der Waals surface area (Å²) in [5, 5.41) is 9.56. The van der Waals surface area contributed by atoms with E-state index in [1.807, 2.05) is 0 Å². The maximum Gasteiger partial charge on any atom is 0.331 e. The SMILES string of the molecule is COc1ccc(C(C(=O)O)N(C(C)=O)C(C)C)c(OC)c1. The van der Waals surface area contributed by atoms with Crippen LogP contribution in [0, 0.1) is 0 Å². The average molecular weight is 295 g/mol. The van der Waals surface area contributed by atoms with Gasteiger partial charge in [0.05, 0.1) is 14.2 Å². The van der Waals surface area contributed by atoms with Crippen LogP contribution in [0.1, 0.15) is 32.4 Å². The van der Waals surface area contributed by atoms with Gasteiger partial charge in [0.2, 0.25) is 5.91 Å². The first-order valence-electron chi connectivity index (χ1n) is 6.57. The van der Waals surface area contributed by atoms with E-state index in [-0.39, 0.29) is 11.9 Å². The lowest BCUT2D eigenvalue weighted by Gasteiger charge is -2.32. The van der Waals surface area contributed by atoms with Crippen molar-refractivity contribution < 1.29 is 24.2 Å². The van der Waals surface area contributed by atoms with Crippen LogP contribution in [-0.4, -0.2) is 42.1 Å². The highest BCUT2D eigenvalue weighted by Crippen LogP contribution is 2.34. The van der Waals surface area contributed by atoms with Crippen LogP contribution in [0.3, 0.4) is 0 Å². The topological polar surface area (TPSA) is 76.1 Å². The Kier molecular flexibility index (Phi) is 5.58. The van der Waals surface area contributed by atoms with Crippen molar-refractivity contribution in [1.82, 2.24) is 4.90 Å². The van der Waals surface area contributed by atoms with Gasteiger partial charge in [-0.1, -0.05) is 0 Å². The minimum Gasteiger partial charge on any atom is -0.497 e. The highest BCUT2D eigenvalue weighted by atomic mass is 16.5. The third-order valence-electron chi connectivity index (χ3n) is 3.17. The molecule has 21 heavy (non-hydrogen) atoms. The number of amides is 1. The zero-order valence-electron chi connectivity index (χ0n) is 12.9. The second-order valence-electron chi connectivity index (χ2n) is 4.87. The molecule has 116 valence electrons. The molecule has 1 aromatic carbocycles. The zero-order chi connectivity index (χ0) is 16.2. The fourth-order valence-corrected chi connectivity index (χ4v) is 2.29. The number of carboxylic acids is 1.